The van der Waals surface area contributed by atoms with E-state index in [-0.39, 0.29) is 5.54 Å². The highest BCUT2D eigenvalue weighted by Gasteiger charge is 2.18. The Labute approximate surface area is 103 Å². The number of nitrogens with one attached hydrogen (secondary N) is 1. The van der Waals surface area contributed by atoms with E-state index < -0.39 is 0 Å². The molecule has 0 aliphatic carbocycles. The minimum absolute atomic E-state index is 0.151. The van der Waals surface area contributed by atoms with E-state index in [1.807, 2.05) is 12.1 Å². The van der Waals surface area contributed by atoms with Gasteiger partial charge in [-0.3, -0.25) is 0 Å². The van der Waals surface area contributed by atoms with E-state index in [1.54, 1.807) is 0 Å². The van der Waals surface area contributed by atoms with Crippen molar-refractivity contribution in [3.63, 3.8) is 0 Å². The quantitative estimate of drug-likeness (QED) is 0.870. The maximum Gasteiger partial charge on any atom is 0.165 e. The molecule has 0 radical (unpaired) electrons. The van der Waals surface area contributed by atoms with Gasteiger partial charge in [0.05, 0.1) is 0 Å². The maximum absolute atomic E-state index is 5.69. The van der Waals surface area contributed by atoms with Crippen LogP contribution in [0.1, 0.15) is 32.8 Å². The molecule has 0 fully saturated rings. The van der Waals surface area contributed by atoms with Crippen LogP contribution < -0.4 is 14.8 Å². The summed E-state index contributed by atoms with van der Waals surface area (Å²) < 4.78 is 11.3. The molecule has 0 spiro atoms. The first-order valence-electron chi connectivity index (χ1n) is 6.25. The summed E-state index contributed by atoms with van der Waals surface area (Å²) in [7, 11) is 0. The maximum atomic E-state index is 5.69. The summed E-state index contributed by atoms with van der Waals surface area (Å²) in [5, 5.41) is 3.54. The topological polar surface area (TPSA) is 30.5 Å². The first kappa shape index (κ1) is 12.2. The molecule has 2 rings (SSSR count). The Morgan fingerprint density at radius 3 is 2.76 bits per heavy atom. The van der Waals surface area contributed by atoms with Crippen LogP contribution in [-0.4, -0.2) is 18.8 Å². The fourth-order valence-electron chi connectivity index (χ4n) is 1.73. The van der Waals surface area contributed by atoms with Gasteiger partial charge in [0.15, 0.2) is 11.5 Å². The highest BCUT2D eigenvalue weighted by atomic mass is 16.6. The van der Waals surface area contributed by atoms with Crippen molar-refractivity contribution in [1.82, 2.24) is 5.32 Å². The molecular formula is C14H21NO2. The molecule has 0 amide bonds. The molecule has 3 heteroatoms. The third-order valence-corrected chi connectivity index (χ3v) is 3.29. The van der Waals surface area contributed by atoms with E-state index in [4.69, 9.17) is 9.47 Å². The molecule has 0 unspecified atom stereocenters. The van der Waals surface area contributed by atoms with Gasteiger partial charge in [0.2, 0.25) is 0 Å². The zero-order valence-electron chi connectivity index (χ0n) is 10.9. The number of ether oxygens (including phenoxy) is 2. The lowest BCUT2D eigenvalue weighted by Gasteiger charge is -2.26. The van der Waals surface area contributed by atoms with Gasteiger partial charge in [-0.15, -0.1) is 0 Å². The van der Waals surface area contributed by atoms with Crippen LogP contribution >= 0.6 is 0 Å². The summed E-state index contributed by atoms with van der Waals surface area (Å²) in [5.41, 5.74) is 1.32. The third-order valence-electron chi connectivity index (χ3n) is 3.29. The van der Waals surface area contributed by atoms with E-state index in [0.717, 1.165) is 24.5 Å². The largest absolute Gasteiger partial charge is 0.486 e. The summed E-state index contributed by atoms with van der Waals surface area (Å²) in [4.78, 5) is 0. The van der Waals surface area contributed by atoms with Crippen molar-refractivity contribution in [3.8, 4) is 11.5 Å². The second-order valence-corrected chi connectivity index (χ2v) is 5.03. The Balaban J connectivity index is 2.11. The van der Waals surface area contributed by atoms with Crippen LogP contribution in [-0.2, 0) is 6.54 Å². The van der Waals surface area contributed by atoms with Crippen LogP contribution in [0.5, 0.6) is 11.5 Å². The van der Waals surface area contributed by atoms with E-state index in [1.165, 1.54) is 5.56 Å². The molecule has 0 atom stereocenters. The molecule has 0 saturated carbocycles. The van der Waals surface area contributed by atoms with Gasteiger partial charge in [0.25, 0.3) is 0 Å². The van der Waals surface area contributed by atoms with Crippen LogP contribution in [0.4, 0.5) is 0 Å². The zero-order valence-corrected chi connectivity index (χ0v) is 10.9. The average molecular weight is 235 g/mol. The van der Waals surface area contributed by atoms with Crippen molar-refractivity contribution in [2.45, 2.75) is 39.3 Å². The van der Waals surface area contributed by atoms with E-state index in [0.29, 0.717) is 13.2 Å². The van der Waals surface area contributed by atoms with Crippen LogP contribution in [0.2, 0.25) is 0 Å². The van der Waals surface area contributed by atoms with E-state index in [2.05, 4.69) is 32.2 Å². The lowest BCUT2D eigenvalue weighted by molar-refractivity contribution is 0.169. The first-order valence-corrected chi connectivity index (χ1v) is 6.25. The van der Waals surface area contributed by atoms with Gasteiger partial charge in [0.1, 0.15) is 13.2 Å². The number of rotatable bonds is 4. The summed E-state index contributed by atoms with van der Waals surface area (Å²) in [6, 6.07) is 6.07. The molecule has 0 aromatic heterocycles. The van der Waals surface area contributed by atoms with Crippen molar-refractivity contribution < 1.29 is 9.47 Å². The fraction of sp³-hybridized carbons (Fsp3) is 0.571. The molecule has 3 nitrogen and oxygen atoms in total. The number of fused-ring (bicyclic) bond motifs is 1. The van der Waals surface area contributed by atoms with Crippen LogP contribution in [0.3, 0.4) is 0 Å². The molecule has 1 aliphatic rings. The summed E-state index contributed by atoms with van der Waals surface area (Å²) in [6.07, 6.45) is 1.10. The second-order valence-electron chi connectivity index (χ2n) is 5.03. The Morgan fingerprint density at radius 1 is 1.24 bits per heavy atom. The van der Waals surface area contributed by atoms with Gasteiger partial charge >= 0.3 is 0 Å². The normalized spacial score (nSPS) is 14.8. The third kappa shape index (κ3) is 2.91. The highest BCUT2D eigenvalue weighted by Crippen LogP contribution is 2.33. The molecule has 1 N–H and O–H groups in total. The van der Waals surface area contributed by atoms with Crippen molar-refractivity contribution in [2.75, 3.05) is 13.2 Å². The van der Waals surface area contributed by atoms with Gasteiger partial charge in [-0.1, -0.05) is 19.1 Å². The minimum atomic E-state index is 0.151. The van der Waals surface area contributed by atoms with Gasteiger partial charge in [-0.25, -0.2) is 0 Å². The molecule has 1 aromatic rings. The Bertz CT molecular complexity index is 388. The van der Waals surface area contributed by atoms with Crippen LogP contribution in [0, 0.1) is 0 Å². The first-order chi connectivity index (χ1) is 8.12. The summed E-state index contributed by atoms with van der Waals surface area (Å²) >= 11 is 0. The number of para-hydroxylation sites is 1. The molecular weight excluding hydrogens is 214 g/mol. The second kappa shape index (κ2) is 4.96. The molecule has 17 heavy (non-hydrogen) atoms. The number of hydrogen-bond donors (Lipinski definition) is 1. The lowest BCUT2D eigenvalue weighted by Crippen LogP contribution is -2.38. The Morgan fingerprint density at radius 2 is 2.00 bits per heavy atom. The van der Waals surface area contributed by atoms with Crippen molar-refractivity contribution in [1.29, 1.82) is 0 Å². The van der Waals surface area contributed by atoms with Crippen molar-refractivity contribution >= 4 is 0 Å². The average Bonchev–Trinajstić information content (AvgIpc) is 2.36. The highest BCUT2D eigenvalue weighted by molar-refractivity contribution is 5.47. The smallest absolute Gasteiger partial charge is 0.165 e. The van der Waals surface area contributed by atoms with Gasteiger partial charge < -0.3 is 14.8 Å². The minimum Gasteiger partial charge on any atom is -0.486 e. The molecule has 0 saturated heterocycles. The molecule has 1 heterocycles. The Kier molecular flexibility index (Phi) is 3.57. The van der Waals surface area contributed by atoms with E-state index >= 15 is 0 Å². The SMILES string of the molecule is CCC(C)(C)NCc1cccc2c1OCCO2. The predicted molar refractivity (Wildman–Crippen MR) is 68.6 cm³/mol. The number of hydrogen-bond acceptors (Lipinski definition) is 3. The van der Waals surface area contributed by atoms with Crippen molar-refractivity contribution in [3.05, 3.63) is 23.8 Å². The van der Waals surface area contributed by atoms with Gasteiger partial charge in [0, 0.05) is 17.6 Å². The summed E-state index contributed by atoms with van der Waals surface area (Å²) in [6.45, 7) is 8.70. The van der Waals surface area contributed by atoms with Crippen LogP contribution in [0.15, 0.2) is 18.2 Å². The molecule has 0 bridgehead atoms. The Hall–Kier alpha value is -1.22. The van der Waals surface area contributed by atoms with Gasteiger partial charge in [-0.2, -0.15) is 0 Å². The standard InChI is InChI=1S/C14H21NO2/c1-4-14(2,3)15-10-11-6-5-7-12-13(11)17-9-8-16-12/h5-7,15H,4,8-10H2,1-3H3. The van der Waals surface area contributed by atoms with Crippen LogP contribution in [0.25, 0.3) is 0 Å². The predicted octanol–water partition coefficient (Wildman–Crippen LogP) is 2.74. The number of benzene rings is 1. The molecule has 1 aliphatic heterocycles. The molecule has 94 valence electrons. The van der Waals surface area contributed by atoms with Crippen molar-refractivity contribution in [2.24, 2.45) is 0 Å². The zero-order chi connectivity index (χ0) is 12.3. The van der Waals surface area contributed by atoms with Gasteiger partial charge in [-0.05, 0) is 26.3 Å². The monoisotopic (exact) mass is 235 g/mol. The lowest BCUT2D eigenvalue weighted by atomic mass is 10.0. The summed E-state index contributed by atoms with van der Waals surface area (Å²) in [5.74, 6) is 1.77. The van der Waals surface area contributed by atoms with E-state index in [9.17, 15) is 0 Å². The molecule has 1 aromatic carbocycles. The fourth-order valence-corrected chi connectivity index (χ4v) is 1.73.